The molecule has 1 aromatic heterocycles. The summed E-state index contributed by atoms with van der Waals surface area (Å²) in [6, 6.07) is 17.7. The molecule has 4 aromatic rings. The van der Waals surface area contributed by atoms with Crippen LogP contribution >= 0.6 is 15.9 Å². The van der Waals surface area contributed by atoms with E-state index < -0.39 is 5.97 Å². The molecule has 0 spiro atoms. The van der Waals surface area contributed by atoms with Gasteiger partial charge in [0.05, 0.1) is 22.7 Å². The van der Waals surface area contributed by atoms with Crippen molar-refractivity contribution in [3.63, 3.8) is 0 Å². The predicted octanol–water partition coefficient (Wildman–Crippen LogP) is 4.95. The highest BCUT2D eigenvalue weighted by Gasteiger charge is 2.11. The minimum absolute atomic E-state index is 0.217. The summed E-state index contributed by atoms with van der Waals surface area (Å²) in [4.78, 5) is 30.9. The van der Waals surface area contributed by atoms with Crippen molar-refractivity contribution < 1.29 is 14.6 Å². The average Bonchev–Trinajstić information content (AvgIpc) is 2.87. The molecule has 4 rings (SSSR count). The van der Waals surface area contributed by atoms with Gasteiger partial charge in [0.1, 0.15) is 18.2 Å². The molecule has 0 saturated carbocycles. The van der Waals surface area contributed by atoms with Crippen molar-refractivity contribution in [2.75, 3.05) is 19.0 Å². The van der Waals surface area contributed by atoms with E-state index in [1.54, 1.807) is 36.5 Å². The standard InChI is InChI=1S/C27H25BrN4O4/c1-4-25-30-23-12-10-20(28)13-22(23)26(33)32(25)29-15-19-9-11-21(31(2)3)14-24(19)36-16-17-5-7-18(8-6-17)27(34)35/h5-15H,4,16H2,1-3H3,(H,34,35). The third kappa shape index (κ3) is 5.46. The Morgan fingerprint density at radius 3 is 2.56 bits per heavy atom. The Morgan fingerprint density at radius 1 is 1.14 bits per heavy atom. The lowest BCUT2D eigenvalue weighted by Crippen LogP contribution is -2.22. The summed E-state index contributed by atoms with van der Waals surface area (Å²) in [7, 11) is 3.87. The number of hydrogen-bond donors (Lipinski definition) is 1. The second-order valence-corrected chi connectivity index (χ2v) is 9.23. The van der Waals surface area contributed by atoms with Gasteiger partial charge in [0.25, 0.3) is 5.56 Å². The second kappa shape index (κ2) is 10.7. The first-order chi connectivity index (χ1) is 17.3. The van der Waals surface area contributed by atoms with Gasteiger partial charge in [0.2, 0.25) is 0 Å². The summed E-state index contributed by atoms with van der Waals surface area (Å²) >= 11 is 3.41. The molecule has 8 nitrogen and oxygen atoms in total. The summed E-state index contributed by atoms with van der Waals surface area (Å²) in [5.74, 6) is 0.156. The molecule has 3 aromatic carbocycles. The highest BCUT2D eigenvalue weighted by Crippen LogP contribution is 2.25. The number of ether oxygens (including phenoxy) is 1. The number of fused-ring (bicyclic) bond motifs is 1. The van der Waals surface area contributed by atoms with Crippen LogP contribution in [0, 0.1) is 0 Å². The van der Waals surface area contributed by atoms with E-state index in [0.29, 0.717) is 34.5 Å². The molecule has 0 amide bonds. The van der Waals surface area contributed by atoms with Crippen LogP contribution in [-0.4, -0.2) is 41.0 Å². The Morgan fingerprint density at radius 2 is 1.89 bits per heavy atom. The number of aromatic carboxylic acids is 1. The van der Waals surface area contributed by atoms with Gasteiger partial charge in [0.15, 0.2) is 0 Å². The minimum atomic E-state index is -0.975. The van der Waals surface area contributed by atoms with Crippen molar-refractivity contribution >= 4 is 44.7 Å². The number of anilines is 1. The van der Waals surface area contributed by atoms with Gasteiger partial charge in [-0.05, 0) is 48.0 Å². The van der Waals surface area contributed by atoms with Crippen molar-refractivity contribution in [2.24, 2.45) is 5.10 Å². The molecule has 9 heteroatoms. The molecule has 0 fully saturated rings. The number of carboxylic acids is 1. The normalized spacial score (nSPS) is 11.2. The number of rotatable bonds is 8. The maximum absolute atomic E-state index is 13.2. The highest BCUT2D eigenvalue weighted by atomic mass is 79.9. The van der Waals surface area contributed by atoms with E-state index in [0.717, 1.165) is 15.7 Å². The maximum Gasteiger partial charge on any atom is 0.335 e. The number of nitrogens with zero attached hydrogens (tertiary/aromatic N) is 4. The summed E-state index contributed by atoms with van der Waals surface area (Å²) < 4.78 is 8.22. The fraction of sp³-hybridized carbons (Fsp3) is 0.185. The van der Waals surface area contributed by atoms with E-state index in [4.69, 9.17) is 9.84 Å². The fourth-order valence-electron chi connectivity index (χ4n) is 3.60. The molecule has 184 valence electrons. The first-order valence-electron chi connectivity index (χ1n) is 11.3. The highest BCUT2D eigenvalue weighted by molar-refractivity contribution is 9.10. The molecule has 1 N–H and O–H groups in total. The largest absolute Gasteiger partial charge is 0.488 e. The molecule has 0 unspecified atom stereocenters. The third-order valence-corrected chi connectivity index (χ3v) is 6.11. The number of halogens is 1. The van der Waals surface area contributed by atoms with Gasteiger partial charge in [-0.3, -0.25) is 4.79 Å². The van der Waals surface area contributed by atoms with Crippen LogP contribution in [0.4, 0.5) is 5.69 Å². The minimum Gasteiger partial charge on any atom is -0.488 e. The van der Waals surface area contributed by atoms with Crippen LogP contribution in [0.5, 0.6) is 5.75 Å². The molecular formula is C27H25BrN4O4. The number of carboxylic acid groups (broad SMARTS) is 1. The second-order valence-electron chi connectivity index (χ2n) is 8.31. The third-order valence-electron chi connectivity index (χ3n) is 5.61. The molecule has 0 aliphatic rings. The van der Waals surface area contributed by atoms with Gasteiger partial charge in [-0.2, -0.15) is 9.78 Å². The van der Waals surface area contributed by atoms with Crippen LogP contribution in [0.1, 0.15) is 34.2 Å². The lowest BCUT2D eigenvalue weighted by Gasteiger charge is -2.16. The van der Waals surface area contributed by atoms with Crippen LogP contribution in [0.15, 0.2) is 75.0 Å². The quantitative estimate of drug-likeness (QED) is 0.313. The Bertz CT molecular complexity index is 1510. The summed E-state index contributed by atoms with van der Waals surface area (Å²) in [5.41, 5.74) is 3.04. The Hall–Kier alpha value is -3.98. The van der Waals surface area contributed by atoms with Gasteiger partial charge in [-0.1, -0.05) is 35.0 Å². The van der Waals surface area contributed by atoms with Crippen LogP contribution in [0.25, 0.3) is 10.9 Å². The molecule has 0 aliphatic heterocycles. The summed E-state index contributed by atoms with van der Waals surface area (Å²) in [5, 5.41) is 14.1. The molecule has 36 heavy (non-hydrogen) atoms. The van der Waals surface area contributed by atoms with Crippen molar-refractivity contribution in [1.29, 1.82) is 0 Å². The number of carbonyl (C=O) groups is 1. The van der Waals surface area contributed by atoms with Gasteiger partial charge in [-0.25, -0.2) is 9.78 Å². The van der Waals surface area contributed by atoms with Gasteiger partial charge in [0, 0.05) is 42.3 Å². The van der Waals surface area contributed by atoms with E-state index in [-0.39, 0.29) is 17.7 Å². The van der Waals surface area contributed by atoms with Crippen molar-refractivity contribution in [3.05, 3.63) is 98.0 Å². The summed E-state index contributed by atoms with van der Waals surface area (Å²) in [6.07, 6.45) is 2.13. The van der Waals surface area contributed by atoms with Gasteiger partial charge < -0.3 is 14.7 Å². The van der Waals surface area contributed by atoms with E-state index >= 15 is 0 Å². The van der Waals surface area contributed by atoms with Gasteiger partial charge in [-0.15, -0.1) is 0 Å². The van der Waals surface area contributed by atoms with Crippen LogP contribution in [-0.2, 0) is 13.0 Å². The predicted molar refractivity (Wildman–Crippen MR) is 145 cm³/mol. The lowest BCUT2D eigenvalue weighted by molar-refractivity contribution is 0.0697. The number of benzene rings is 3. The lowest BCUT2D eigenvalue weighted by atomic mass is 10.1. The fourth-order valence-corrected chi connectivity index (χ4v) is 3.96. The summed E-state index contributed by atoms with van der Waals surface area (Å²) in [6.45, 7) is 2.16. The Kier molecular flexibility index (Phi) is 7.49. The van der Waals surface area contributed by atoms with Crippen molar-refractivity contribution in [2.45, 2.75) is 20.0 Å². The van der Waals surface area contributed by atoms with E-state index in [2.05, 4.69) is 26.0 Å². The maximum atomic E-state index is 13.2. The SMILES string of the molecule is CCc1nc2ccc(Br)cc2c(=O)n1N=Cc1ccc(N(C)C)cc1OCc1ccc(C(=O)O)cc1. The van der Waals surface area contributed by atoms with Crippen molar-refractivity contribution in [3.8, 4) is 5.75 Å². The van der Waals surface area contributed by atoms with Crippen LogP contribution in [0.2, 0.25) is 0 Å². The van der Waals surface area contributed by atoms with Crippen LogP contribution in [0.3, 0.4) is 0 Å². The first-order valence-corrected chi connectivity index (χ1v) is 12.1. The number of hydrogen-bond acceptors (Lipinski definition) is 6. The molecule has 0 saturated heterocycles. The molecule has 1 heterocycles. The topological polar surface area (TPSA) is 97.0 Å². The Labute approximate surface area is 216 Å². The molecule has 0 radical (unpaired) electrons. The van der Waals surface area contributed by atoms with Crippen LogP contribution < -0.4 is 15.2 Å². The number of aryl methyl sites for hydroxylation is 1. The monoisotopic (exact) mass is 548 g/mol. The zero-order chi connectivity index (χ0) is 25.8. The zero-order valence-electron chi connectivity index (χ0n) is 20.1. The molecular weight excluding hydrogens is 524 g/mol. The van der Waals surface area contributed by atoms with Gasteiger partial charge >= 0.3 is 5.97 Å². The average molecular weight is 549 g/mol. The zero-order valence-corrected chi connectivity index (χ0v) is 21.7. The van der Waals surface area contributed by atoms with E-state index in [1.807, 2.05) is 56.3 Å². The first kappa shape index (κ1) is 25.1. The number of aromatic nitrogens is 2. The smallest absolute Gasteiger partial charge is 0.335 e. The van der Waals surface area contributed by atoms with E-state index in [9.17, 15) is 9.59 Å². The molecule has 0 atom stereocenters. The Balaban J connectivity index is 1.69. The molecule has 0 bridgehead atoms. The van der Waals surface area contributed by atoms with E-state index in [1.165, 1.54) is 4.68 Å². The molecule has 0 aliphatic carbocycles. The van der Waals surface area contributed by atoms with Crippen molar-refractivity contribution in [1.82, 2.24) is 9.66 Å².